The van der Waals surface area contributed by atoms with Gasteiger partial charge in [-0.3, -0.25) is 9.59 Å². The van der Waals surface area contributed by atoms with E-state index in [2.05, 4.69) is 11.0 Å². The molecule has 1 atom stereocenters. The van der Waals surface area contributed by atoms with Gasteiger partial charge < -0.3 is 20.6 Å². The van der Waals surface area contributed by atoms with E-state index in [1.807, 2.05) is 29.2 Å². The van der Waals surface area contributed by atoms with E-state index in [4.69, 9.17) is 17.3 Å². The molecule has 7 nitrogen and oxygen atoms in total. The van der Waals surface area contributed by atoms with Gasteiger partial charge in [-0.1, -0.05) is 42.4 Å². The highest BCUT2D eigenvalue weighted by Crippen LogP contribution is 2.44. The van der Waals surface area contributed by atoms with Crippen LogP contribution in [0.1, 0.15) is 0 Å². The standard InChI is InChI=1S/C25H20ClFN4O3S/c1-2-20(33)31-8-7-30(12-19(31)24(28)34)25-17-11-18(26)21(22(27)23(17)29-35-25)16-10-14(32)9-13-5-3-4-6-15(13)16/h2-6,9-11,19,32H,1,7-8,12H2,(H2,28,34)/t19-/m0/s1. The number of nitrogens with zero attached hydrogens (tertiary/aromatic N) is 3. The number of carbonyl (C=O) groups excluding carboxylic acids is 2. The van der Waals surface area contributed by atoms with Gasteiger partial charge in [-0.25, -0.2) is 4.39 Å². The van der Waals surface area contributed by atoms with Crippen molar-refractivity contribution in [3.8, 4) is 16.9 Å². The van der Waals surface area contributed by atoms with Crippen LogP contribution in [0.2, 0.25) is 5.02 Å². The van der Waals surface area contributed by atoms with Crippen molar-refractivity contribution < 1.29 is 19.1 Å². The Morgan fingerprint density at radius 3 is 2.74 bits per heavy atom. The number of hydrogen-bond acceptors (Lipinski definition) is 6. The molecule has 0 bridgehead atoms. The maximum Gasteiger partial charge on any atom is 0.246 e. The van der Waals surface area contributed by atoms with Crippen molar-refractivity contribution in [3.05, 3.63) is 66.0 Å². The number of aromatic hydroxyl groups is 1. The van der Waals surface area contributed by atoms with E-state index in [0.29, 0.717) is 22.5 Å². The summed E-state index contributed by atoms with van der Waals surface area (Å²) in [4.78, 5) is 27.5. The fraction of sp³-hybridized carbons (Fsp3) is 0.160. The first-order valence-corrected chi connectivity index (χ1v) is 11.9. The van der Waals surface area contributed by atoms with Crippen molar-refractivity contribution in [2.75, 3.05) is 24.5 Å². The van der Waals surface area contributed by atoms with Crippen LogP contribution in [0.3, 0.4) is 0 Å². The number of rotatable bonds is 4. The smallest absolute Gasteiger partial charge is 0.246 e. The van der Waals surface area contributed by atoms with E-state index in [1.165, 1.54) is 11.0 Å². The van der Waals surface area contributed by atoms with E-state index in [1.54, 1.807) is 12.1 Å². The van der Waals surface area contributed by atoms with E-state index in [-0.39, 0.29) is 40.8 Å². The molecule has 0 spiro atoms. The van der Waals surface area contributed by atoms with Crippen molar-refractivity contribution in [2.45, 2.75) is 6.04 Å². The number of anilines is 1. The highest BCUT2D eigenvalue weighted by atomic mass is 35.5. The summed E-state index contributed by atoms with van der Waals surface area (Å²) in [5, 5.41) is 13.0. The molecule has 1 aliphatic heterocycles. The number of carbonyl (C=O) groups is 2. The summed E-state index contributed by atoms with van der Waals surface area (Å²) >= 11 is 7.71. The van der Waals surface area contributed by atoms with Crippen LogP contribution in [-0.2, 0) is 9.59 Å². The second-order valence-corrected chi connectivity index (χ2v) is 9.40. The first-order valence-electron chi connectivity index (χ1n) is 10.8. The van der Waals surface area contributed by atoms with Gasteiger partial charge in [-0.15, -0.1) is 0 Å². The number of benzene rings is 3. The van der Waals surface area contributed by atoms with Crippen LogP contribution in [-0.4, -0.2) is 51.9 Å². The molecule has 1 saturated heterocycles. The number of primary amides is 1. The number of phenols is 1. The minimum atomic E-state index is -0.857. The molecule has 0 aliphatic carbocycles. The normalized spacial score (nSPS) is 16.1. The Kier molecular flexibility index (Phi) is 5.82. The number of phenolic OH excluding ortho intramolecular Hbond substituents is 1. The summed E-state index contributed by atoms with van der Waals surface area (Å²) in [6.07, 6.45) is 1.15. The van der Waals surface area contributed by atoms with Gasteiger partial charge in [0.15, 0.2) is 5.82 Å². The Balaban J connectivity index is 1.60. The van der Waals surface area contributed by atoms with Crippen LogP contribution in [0.5, 0.6) is 5.75 Å². The van der Waals surface area contributed by atoms with Crippen molar-refractivity contribution in [1.82, 2.24) is 9.27 Å². The van der Waals surface area contributed by atoms with Gasteiger partial charge in [0.1, 0.15) is 22.3 Å². The van der Waals surface area contributed by atoms with Crippen LogP contribution in [0.4, 0.5) is 9.39 Å². The second-order valence-electron chi connectivity index (χ2n) is 8.25. The molecule has 0 radical (unpaired) electrons. The Bertz CT molecular complexity index is 1520. The van der Waals surface area contributed by atoms with Gasteiger partial charge in [0.25, 0.3) is 0 Å². The van der Waals surface area contributed by atoms with E-state index in [9.17, 15) is 14.7 Å². The molecule has 35 heavy (non-hydrogen) atoms. The summed E-state index contributed by atoms with van der Waals surface area (Å²) in [7, 11) is 0. The second kappa shape index (κ2) is 8.83. The Labute approximate surface area is 209 Å². The minimum absolute atomic E-state index is 0.00216. The summed E-state index contributed by atoms with van der Waals surface area (Å²) in [6, 6.07) is 11.2. The topological polar surface area (TPSA) is 99.8 Å². The lowest BCUT2D eigenvalue weighted by Gasteiger charge is -2.39. The molecule has 2 heterocycles. The van der Waals surface area contributed by atoms with Gasteiger partial charge in [0.2, 0.25) is 11.8 Å². The molecule has 1 aromatic heterocycles. The fourth-order valence-corrected chi connectivity index (χ4v) is 5.75. The fourth-order valence-electron chi connectivity index (χ4n) is 4.57. The Hall–Kier alpha value is -3.69. The summed E-state index contributed by atoms with van der Waals surface area (Å²) in [5.41, 5.74) is 6.31. The highest BCUT2D eigenvalue weighted by Gasteiger charge is 2.35. The number of nitrogens with two attached hydrogens (primary N) is 1. The van der Waals surface area contributed by atoms with Crippen LogP contribution < -0.4 is 10.6 Å². The number of hydrogen-bond donors (Lipinski definition) is 2. The Morgan fingerprint density at radius 1 is 1.23 bits per heavy atom. The molecule has 5 rings (SSSR count). The van der Waals surface area contributed by atoms with Crippen molar-refractivity contribution in [1.29, 1.82) is 0 Å². The molecular weight excluding hydrogens is 491 g/mol. The Morgan fingerprint density at radius 2 is 2.00 bits per heavy atom. The average molecular weight is 511 g/mol. The van der Waals surface area contributed by atoms with Gasteiger partial charge >= 0.3 is 0 Å². The van der Waals surface area contributed by atoms with Crippen LogP contribution in [0.15, 0.2) is 55.1 Å². The first-order chi connectivity index (χ1) is 16.8. The van der Waals surface area contributed by atoms with Crippen molar-refractivity contribution in [2.24, 2.45) is 5.73 Å². The zero-order valence-electron chi connectivity index (χ0n) is 18.4. The monoisotopic (exact) mass is 510 g/mol. The third kappa shape index (κ3) is 3.86. The molecule has 2 amide bonds. The number of amides is 2. The largest absolute Gasteiger partial charge is 0.508 e. The third-order valence-corrected chi connectivity index (χ3v) is 7.44. The summed E-state index contributed by atoms with van der Waals surface area (Å²) in [5.74, 6) is -1.61. The van der Waals surface area contributed by atoms with E-state index >= 15 is 4.39 Å². The van der Waals surface area contributed by atoms with Crippen molar-refractivity contribution >= 4 is 61.6 Å². The molecule has 3 aromatic carbocycles. The zero-order valence-corrected chi connectivity index (χ0v) is 19.9. The third-order valence-electron chi connectivity index (χ3n) is 6.22. The molecule has 1 fully saturated rings. The minimum Gasteiger partial charge on any atom is -0.508 e. The highest BCUT2D eigenvalue weighted by molar-refractivity contribution is 7.11. The summed E-state index contributed by atoms with van der Waals surface area (Å²) in [6.45, 7) is 4.28. The van der Waals surface area contributed by atoms with Gasteiger partial charge in [-0.05, 0) is 52.1 Å². The average Bonchev–Trinajstić information content (AvgIpc) is 3.27. The summed E-state index contributed by atoms with van der Waals surface area (Å²) < 4.78 is 20.3. The lowest BCUT2D eigenvalue weighted by molar-refractivity contribution is -0.136. The predicted molar refractivity (Wildman–Crippen MR) is 136 cm³/mol. The van der Waals surface area contributed by atoms with Crippen molar-refractivity contribution in [3.63, 3.8) is 0 Å². The molecule has 0 saturated carbocycles. The number of piperazine rings is 1. The predicted octanol–water partition coefficient (Wildman–Crippen LogP) is 4.30. The molecule has 4 aromatic rings. The van der Waals surface area contributed by atoms with Gasteiger partial charge in [-0.2, -0.15) is 4.37 Å². The number of fused-ring (bicyclic) bond motifs is 2. The van der Waals surface area contributed by atoms with Crippen LogP contribution in [0, 0.1) is 5.82 Å². The number of halogens is 2. The molecule has 1 aliphatic rings. The number of aromatic nitrogens is 1. The zero-order chi connectivity index (χ0) is 24.9. The SMILES string of the molecule is C=CC(=O)N1CCN(c2snc3c(F)c(-c4cc(O)cc5ccccc45)c(Cl)cc23)C[C@H]1C(N)=O. The quantitative estimate of drug-likeness (QED) is 0.399. The molecule has 3 N–H and O–H groups in total. The van der Waals surface area contributed by atoms with E-state index in [0.717, 1.165) is 28.4 Å². The van der Waals surface area contributed by atoms with Crippen LogP contribution in [0.25, 0.3) is 32.8 Å². The molecule has 0 unspecified atom stereocenters. The maximum atomic E-state index is 15.9. The molecular formula is C25H20ClFN4O3S. The molecule has 178 valence electrons. The maximum absolute atomic E-state index is 15.9. The first kappa shape index (κ1) is 23.1. The lowest BCUT2D eigenvalue weighted by Crippen LogP contribution is -2.59. The van der Waals surface area contributed by atoms with Gasteiger partial charge in [0.05, 0.1) is 5.02 Å². The van der Waals surface area contributed by atoms with Gasteiger partial charge in [0, 0.05) is 30.6 Å². The lowest BCUT2D eigenvalue weighted by atomic mass is 9.96. The molecule has 10 heteroatoms. The van der Waals surface area contributed by atoms with E-state index < -0.39 is 17.8 Å². The van der Waals surface area contributed by atoms with Crippen LogP contribution >= 0.6 is 23.1 Å².